The maximum absolute atomic E-state index is 12.4. The molecule has 6 heteroatoms. The van der Waals surface area contributed by atoms with Gasteiger partial charge in [0, 0.05) is 44.1 Å². The molecule has 3 aromatic rings. The summed E-state index contributed by atoms with van der Waals surface area (Å²) in [6.07, 6.45) is 3.68. The van der Waals surface area contributed by atoms with E-state index in [0.717, 1.165) is 44.0 Å². The minimum atomic E-state index is -0.0620. The molecule has 29 heavy (non-hydrogen) atoms. The van der Waals surface area contributed by atoms with Crippen LogP contribution in [0.5, 0.6) is 0 Å². The topological polar surface area (TPSA) is 59.4 Å². The van der Waals surface area contributed by atoms with E-state index < -0.39 is 0 Å². The van der Waals surface area contributed by atoms with E-state index in [1.807, 2.05) is 41.2 Å². The van der Waals surface area contributed by atoms with Crippen molar-refractivity contribution in [2.24, 2.45) is 0 Å². The first-order chi connectivity index (χ1) is 14.3. The third-order valence-electron chi connectivity index (χ3n) is 5.11. The van der Waals surface area contributed by atoms with Crippen molar-refractivity contribution in [3.8, 4) is 0 Å². The highest BCUT2D eigenvalue weighted by Crippen LogP contribution is 2.10. The quantitative estimate of drug-likeness (QED) is 0.674. The molecule has 0 aliphatic carbocycles. The van der Waals surface area contributed by atoms with Crippen molar-refractivity contribution < 1.29 is 9.53 Å². The number of hydrogen-bond acceptors (Lipinski definition) is 4. The van der Waals surface area contributed by atoms with Crippen LogP contribution in [0, 0.1) is 0 Å². The van der Waals surface area contributed by atoms with Gasteiger partial charge in [0.1, 0.15) is 0 Å². The molecule has 1 N–H and O–H groups in total. The molecule has 2 aromatic carbocycles. The Morgan fingerprint density at radius 1 is 0.931 bits per heavy atom. The highest BCUT2D eigenvalue weighted by molar-refractivity contribution is 5.94. The van der Waals surface area contributed by atoms with Gasteiger partial charge < -0.3 is 10.1 Å². The van der Waals surface area contributed by atoms with E-state index in [1.54, 1.807) is 6.20 Å². The van der Waals surface area contributed by atoms with E-state index in [9.17, 15) is 4.79 Å². The molecule has 0 spiro atoms. The lowest BCUT2D eigenvalue weighted by Gasteiger charge is -2.26. The Morgan fingerprint density at radius 3 is 2.28 bits per heavy atom. The summed E-state index contributed by atoms with van der Waals surface area (Å²) < 4.78 is 7.25. The molecule has 6 nitrogen and oxygen atoms in total. The van der Waals surface area contributed by atoms with Crippen molar-refractivity contribution in [1.29, 1.82) is 0 Å². The number of carbonyl (C=O) groups excluding carboxylic acids is 1. The summed E-state index contributed by atoms with van der Waals surface area (Å²) in [5.41, 5.74) is 4.16. The fourth-order valence-corrected chi connectivity index (χ4v) is 3.41. The Labute approximate surface area is 171 Å². The Morgan fingerprint density at radius 2 is 1.59 bits per heavy atom. The fourth-order valence-electron chi connectivity index (χ4n) is 3.41. The first kappa shape index (κ1) is 19.4. The molecule has 1 fully saturated rings. The zero-order valence-electron chi connectivity index (χ0n) is 16.5. The van der Waals surface area contributed by atoms with Crippen LogP contribution in [0.15, 0.2) is 67.0 Å². The van der Waals surface area contributed by atoms with Crippen molar-refractivity contribution in [2.75, 3.05) is 26.3 Å². The molecule has 1 aromatic heterocycles. The molecular weight excluding hydrogens is 364 g/mol. The second kappa shape index (κ2) is 9.49. The Kier molecular flexibility index (Phi) is 6.34. The van der Waals surface area contributed by atoms with E-state index in [-0.39, 0.29) is 5.91 Å². The van der Waals surface area contributed by atoms with Crippen LogP contribution in [-0.2, 0) is 24.4 Å². The summed E-state index contributed by atoms with van der Waals surface area (Å²) >= 11 is 0. The Balaban J connectivity index is 1.26. The van der Waals surface area contributed by atoms with Crippen LogP contribution >= 0.6 is 0 Å². The highest BCUT2D eigenvalue weighted by atomic mass is 16.5. The Bertz CT molecular complexity index is 899. The summed E-state index contributed by atoms with van der Waals surface area (Å²) in [5.74, 6) is -0.0620. The second-order valence-electron chi connectivity index (χ2n) is 7.29. The largest absolute Gasteiger partial charge is 0.379 e. The average Bonchev–Trinajstić information content (AvgIpc) is 3.27. The Hall–Kier alpha value is -2.96. The molecule has 1 amide bonds. The molecular formula is C23H26N4O2. The molecule has 0 radical (unpaired) electrons. The van der Waals surface area contributed by atoms with Crippen LogP contribution in [0.25, 0.3) is 0 Å². The SMILES string of the molecule is O=C(NCc1ccc(CN2CCOCC2)cc1)c1ccc(Cn2cccn2)cc1. The van der Waals surface area contributed by atoms with Crippen molar-refractivity contribution in [1.82, 2.24) is 20.0 Å². The maximum atomic E-state index is 12.4. The van der Waals surface area contributed by atoms with Crippen molar-refractivity contribution in [2.45, 2.75) is 19.6 Å². The van der Waals surface area contributed by atoms with Gasteiger partial charge in [-0.05, 0) is 34.9 Å². The van der Waals surface area contributed by atoms with Crippen LogP contribution in [0.1, 0.15) is 27.0 Å². The lowest BCUT2D eigenvalue weighted by atomic mass is 10.1. The van der Waals surface area contributed by atoms with E-state index in [1.165, 1.54) is 5.56 Å². The number of carbonyl (C=O) groups is 1. The molecule has 1 aliphatic rings. The van der Waals surface area contributed by atoms with E-state index >= 15 is 0 Å². The zero-order valence-corrected chi connectivity index (χ0v) is 16.5. The van der Waals surface area contributed by atoms with Gasteiger partial charge in [0.05, 0.1) is 19.8 Å². The van der Waals surface area contributed by atoms with Crippen LogP contribution in [0.4, 0.5) is 0 Å². The third-order valence-corrected chi connectivity index (χ3v) is 5.11. The highest BCUT2D eigenvalue weighted by Gasteiger charge is 2.11. The molecule has 1 saturated heterocycles. The monoisotopic (exact) mass is 390 g/mol. The standard InChI is InChI=1S/C23H26N4O2/c28-23(22-8-6-21(7-9-22)18-27-11-1-10-25-27)24-16-19-2-4-20(5-3-19)17-26-12-14-29-15-13-26/h1-11H,12-18H2,(H,24,28). The summed E-state index contributed by atoms with van der Waals surface area (Å²) in [4.78, 5) is 14.8. The molecule has 0 bridgehead atoms. The summed E-state index contributed by atoms with van der Waals surface area (Å²) in [6, 6.07) is 18.0. The normalized spacial score (nSPS) is 14.6. The van der Waals surface area contributed by atoms with E-state index in [2.05, 4.69) is 39.6 Å². The van der Waals surface area contributed by atoms with Gasteiger partial charge in [0.15, 0.2) is 0 Å². The summed E-state index contributed by atoms with van der Waals surface area (Å²) in [7, 11) is 0. The van der Waals surface area contributed by atoms with Gasteiger partial charge >= 0.3 is 0 Å². The second-order valence-corrected chi connectivity index (χ2v) is 7.29. The van der Waals surface area contributed by atoms with Crippen LogP contribution < -0.4 is 5.32 Å². The van der Waals surface area contributed by atoms with Gasteiger partial charge in [-0.25, -0.2) is 0 Å². The average molecular weight is 390 g/mol. The van der Waals surface area contributed by atoms with E-state index in [4.69, 9.17) is 4.74 Å². The van der Waals surface area contributed by atoms with Gasteiger partial charge in [-0.3, -0.25) is 14.4 Å². The molecule has 2 heterocycles. The predicted octanol–water partition coefficient (Wildman–Crippen LogP) is 2.69. The predicted molar refractivity (Wildman–Crippen MR) is 111 cm³/mol. The minimum absolute atomic E-state index is 0.0620. The van der Waals surface area contributed by atoms with Crippen LogP contribution in [0.3, 0.4) is 0 Å². The van der Waals surface area contributed by atoms with Gasteiger partial charge in [-0.15, -0.1) is 0 Å². The summed E-state index contributed by atoms with van der Waals surface area (Å²) in [5, 5.41) is 7.20. The van der Waals surface area contributed by atoms with E-state index in [0.29, 0.717) is 18.7 Å². The van der Waals surface area contributed by atoms with Crippen molar-refractivity contribution >= 4 is 5.91 Å². The number of aromatic nitrogens is 2. The molecule has 0 atom stereocenters. The van der Waals surface area contributed by atoms with Crippen molar-refractivity contribution in [3.05, 3.63) is 89.2 Å². The van der Waals surface area contributed by atoms with Gasteiger partial charge in [0.25, 0.3) is 5.91 Å². The number of morpholine rings is 1. The number of nitrogens with one attached hydrogen (secondary N) is 1. The zero-order chi connectivity index (χ0) is 19.9. The first-order valence-corrected chi connectivity index (χ1v) is 9.99. The van der Waals surface area contributed by atoms with Gasteiger partial charge in [0.2, 0.25) is 0 Å². The molecule has 4 rings (SSSR count). The van der Waals surface area contributed by atoms with Crippen LogP contribution in [0.2, 0.25) is 0 Å². The number of rotatable bonds is 7. The molecule has 0 saturated carbocycles. The minimum Gasteiger partial charge on any atom is -0.379 e. The van der Waals surface area contributed by atoms with Gasteiger partial charge in [-0.2, -0.15) is 5.10 Å². The molecule has 1 aliphatic heterocycles. The third kappa shape index (κ3) is 5.53. The van der Waals surface area contributed by atoms with Crippen molar-refractivity contribution in [3.63, 3.8) is 0 Å². The number of nitrogens with zero attached hydrogens (tertiary/aromatic N) is 3. The molecule has 0 unspecified atom stereocenters. The lowest BCUT2D eigenvalue weighted by molar-refractivity contribution is 0.0342. The number of hydrogen-bond donors (Lipinski definition) is 1. The maximum Gasteiger partial charge on any atom is 0.251 e. The number of ether oxygens (including phenoxy) is 1. The number of benzene rings is 2. The number of amides is 1. The van der Waals surface area contributed by atoms with Gasteiger partial charge in [-0.1, -0.05) is 36.4 Å². The first-order valence-electron chi connectivity index (χ1n) is 9.99. The fraction of sp³-hybridized carbons (Fsp3) is 0.304. The van der Waals surface area contributed by atoms with Crippen LogP contribution in [-0.4, -0.2) is 46.9 Å². The smallest absolute Gasteiger partial charge is 0.251 e. The molecule has 150 valence electrons. The summed E-state index contributed by atoms with van der Waals surface area (Å²) in [6.45, 7) is 5.76. The lowest BCUT2D eigenvalue weighted by Crippen LogP contribution is -2.35.